The Morgan fingerprint density at radius 1 is 1.00 bits per heavy atom. The largest absolute Gasteiger partial charge is 0.497 e. The fourth-order valence-corrected chi connectivity index (χ4v) is 2.86. The molecule has 0 radical (unpaired) electrons. The summed E-state index contributed by atoms with van der Waals surface area (Å²) in [5.74, 6) is 1.61. The average Bonchev–Trinajstić information content (AvgIpc) is 2.60. The van der Waals surface area contributed by atoms with E-state index in [-0.39, 0.29) is 11.9 Å². The number of carbonyl (C=O) groups is 1. The smallest absolute Gasteiger partial charge is 0.255 e. The van der Waals surface area contributed by atoms with Gasteiger partial charge in [-0.25, -0.2) is 0 Å². The zero-order valence-electron chi connectivity index (χ0n) is 14.1. The molecular formula is C18H20BrNO4. The van der Waals surface area contributed by atoms with Crippen molar-refractivity contribution in [3.63, 3.8) is 0 Å². The van der Waals surface area contributed by atoms with Crippen molar-refractivity contribution in [1.82, 2.24) is 5.32 Å². The third-order valence-electron chi connectivity index (χ3n) is 3.67. The quantitative estimate of drug-likeness (QED) is 0.806. The first-order valence-electron chi connectivity index (χ1n) is 7.36. The molecule has 0 saturated heterocycles. The summed E-state index contributed by atoms with van der Waals surface area (Å²) in [6, 6.07) is 10.6. The average molecular weight is 394 g/mol. The molecule has 0 bridgehead atoms. The molecule has 2 aromatic rings. The van der Waals surface area contributed by atoms with Gasteiger partial charge in [0, 0.05) is 0 Å². The second-order valence-corrected chi connectivity index (χ2v) is 6.01. The van der Waals surface area contributed by atoms with Crippen molar-refractivity contribution in [3.05, 3.63) is 52.0 Å². The van der Waals surface area contributed by atoms with E-state index in [0.717, 1.165) is 15.8 Å². The van der Waals surface area contributed by atoms with Gasteiger partial charge >= 0.3 is 0 Å². The van der Waals surface area contributed by atoms with Crippen molar-refractivity contribution in [3.8, 4) is 17.2 Å². The van der Waals surface area contributed by atoms with Crippen molar-refractivity contribution < 1.29 is 19.0 Å². The van der Waals surface area contributed by atoms with Crippen molar-refractivity contribution in [2.45, 2.75) is 13.0 Å². The van der Waals surface area contributed by atoms with Gasteiger partial charge in [-0.2, -0.15) is 0 Å². The summed E-state index contributed by atoms with van der Waals surface area (Å²) in [5.41, 5.74) is 1.38. The SMILES string of the molecule is COc1ccc(OC)c(C(=O)NC(C)c2ccc(OC)c(Br)c2)c1. The minimum absolute atomic E-state index is 0.185. The molecule has 0 aliphatic carbocycles. The Labute approximate surface area is 150 Å². The zero-order chi connectivity index (χ0) is 17.7. The van der Waals surface area contributed by atoms with E-state index >= 15 is 0 Å². The molecule has 128 valence electrons. The van der Waals surface area contributed by atoms with Crippen LogP contribution in [-0.2, 0) is 0 Å². The van der Waals surface area contributed by atoms with Gasteiger partial charge in [0.2, 0.25) is 0 Å². The Morgan fingerprint density at radius 2 is 1.67 bits per heavy atom. The molecule has 5 nitrogen and oxygen atoms in total. The Kier molecular flexibility index (Phi) is 6.09. The number of amides is 1. The number of hydrogen-bond donors (Lipinski definition) is 1. The molecule has 1 unspecified atom stereocenters. The lowest BCUT2D eigenvalue weighted by Gasteiger charge is -2.17. The van der Waals surface area contributed by atoms with Crippen molar-refractivity contribution >= 4 is 21.8 Å². The van der Waals surface area contributed by atoms with E-state index in [4.69, 9.17) is 14.2 Å². The summed E-state index contributed by atoms with van der Waals surface area (Å²) in [6.45, 7) is 1.92. The summed E-state index contributed by atoms with van der Waals surface area (Å²) < 4.78 is 16.5. The highest BCUT2D eigenvalue weighted by Gasteiger charge is 2.17. The molecule has 6 heteroatoms. The maximum Gasteiger partial charge on any atom is 0.255 e. The summed E-state index contributed by atoms with van der Waals surface area (Å²) in [6.07, 6.45) is 0. The van der Waals surface area contributed by atoms with Crippen LogP contribution in [0.25, 0.3) is 0 Å². The highest BCUT2D eigenvalue weighted by molar-refractivity contribution is 9.10. The van der Waals surface area contributed by atoms with Crippen LogP contribution in [-0.4, -0.2) is 27.2 Å². The molecule has 1 N–H and O–H groups in total. The van der Waals surface area contributed by atoms with Gasteiger partial charge in [-0.15, -0.1) is 0 Å². The van der Waals surface area contributed by atoms with Crippen LogP contribution in [0, 0.1) is 0 Å². The number of rotatable bonds is 6. The molecule has 1 atom stereocenters. The molecule has 0 aliphatic rings. The zero-order valence-corrected chi connectivity index (χ0v) is 15.6. The van der Waals surface area contributed by atoms with Crippen LogP contribution < -0.4 is 19.5 Å². The van der Waals surface area contributed by atoms with Crippen LogP contribution in [0.1, 0.15) is 28.9 Å². The normalized spacial score (nSPS) is 11.5. The summed E-state index contributed by atoms with van der Waals surface area (Å²) in [4.78, 5) is 12.6. The van der Waals surface area contributed by atoms with Gasteiger partial charge in [0.05, 0.1) is 37.4 Å². The standard InChI is InChI=1S/C18H20BrNO4/c1-11(12-5-7-17(24-4)15(19)9-12)20-18(21)14-10-13(22-2)6-8-16(14)23-3/h5-11H,1-4H3,(H,20,21). The minimum Gasteiger partial charge on any atom is -0.497 e. The molecule has 0 heterocycles. The number of nitrogens with one attached hydrogen (secondary N) is 1. The summed E-state index contributed by atoms with van der Waals surface area (Å²) >= 11 is 3.45. The Bertz CT molecular complexity index is 733. The highest BCUT2D eigenvalue weighted by atomic mass is 79.9. The Hall–Kier alpha value is -2.21. The van der Waals surface area contributed by atoms with E-state index in [1.165, 1.54) is 7.11 Å². The fraction of sp³-hybridized carbons (Fsp3) is 0.278. The third-order valence-corrected chi connectivity index (χ3v) is 4.29. The van der Waals surface area contributed by atoms with Crippen LogP contribution in [0.5, 0.6) is 17.2 Å². The maximum absolute atomic E-state index is 12.6. The van der Waals surface area contributed by atoms with Gasteiger partial charge in [0.15, 0.2) is 0 Å². The van der Waals surface area contributed by atoms with Crippen molar-refractivity contribution in [2.75, 3.05) is 21.3 Å². The molecule has 2 aromatic carbocycles. The first kappa shape index (κ1) is 18.1. The van der Waals surface area contributed by atoms with Gasteiger partial charge in [-0.1, -0.05) is 6.07 Å². The molecule has 0 aromatic heterocycles. The molecule has 24 heavy (non-hydrogen) atoms. The van der Waals surface area contributed by atoms with Crippen LogP contribution in [0.2, 0.25) is 0 Å². The van der Waals surface area contributed by atoms with E-state index in [1.54, 1.807) is 32.4 Å². The number of hydrogen-bond acceptors (Lipinski definition) is 4. The lowest BCUT2D eigenvalue weighted by molar-refractivity contribution is 0.0936. The van der Waals surface area contributed by atoms with Crippen molar-refractivity contribution in [1.29, 1.82) is 0 Å². The topological polar surface area (TPSA) is 56.8 Å². The van der Waals surface area contributed by atoms with E-state index in [1.807, 2.05) is 25.1 Å². The lowest BCUT2D eigenvalue weighted by Crippen LogP contribution is -2.27. The highest BCUT2D eigenvalue weighted by Crippen LogP contribution is 2.29. The van der Waals surface area contributed by atoms with E-state index < -0.39 is 0 Å². The van der Waals surface area contributed by atoms with Gasteiger partial charge in [0.1, 0.15) is 17.2 Å². The van der Waals surface area contributed by atoms with E-state index in [2.05, 4.69) is 21.2 Å². The second kappa shape index (κ2) is 8.06. The molecule has 0 fully saturated rings. The van der Waals surface area contributed by atoms with Crippen molar-refractivity contribution in [2.24, 2.45) is 0 Å². The van der Waals surface area contributed by atoms with Gasteiger partial charge in [-0.3, -0.25) is 4.79 Å². The number of ether oxygens (including phenoxy) is 3. The number of methoxy groups -OCH3 is 3. The molecule has 1 amide bonds. The number of carbonyl (C=O) groups excluding carboxylic acids is 1. The predicted molar refractivity (Wildman–Crippen MR) is 96.1 cm³/mol. The Morgan fingerprint density at radius 3 is 2.25 bits per heavy atom. The molecule has 0 saturated carbocycles. The Balaban J connectivity index is 2.21. The van der Waals surface area contributed by atoms with E-state index in [9.17, 15) is 4.79 Å². The second-order valence-electron chi connectivity index (χ2n) is 5.16. The third kappa shape index (κ3) is 4.00. The maximum atomic E-state index is 12.6. The summed E-state index contributed by atoms with van der Waals surface area (Å²) in [7, 11) is 4.70. The molecule has 0 spiro atoms. The molecular weight excluding hydrogens is 374 g/mol. The first-order valence-corrected chi connectivity index (χ1v) is 8.15. The summed E-state index contributed by atoms with van der Waals surface area (Å²) in [5, 5.41) is 2.97. The number of halogens is 1. The monoisotopic (exact) mass is 393 g/mol. The minimum atomic E-state index is -0.231. The van der Waals surface area contributed by atoms with Gasteiger partial charge in [0.25, 0.3) is 5.91 Å². The predicted octanol–water partition coefficient (Wildman–Crippen LogP) is 3.97. The van der Waals surface area contributed by atoms with Crippen LogP contribution >= 0.6 is 15.9 Å². The van der Waals surface area contributed by atoms with Crippen LogP contribution in [0.4, 0.5) is 0 Å². The van der Waals surface area contributed by atoms with Crippen LogP contribution in [0.3, 0.4) is 0 Å². The van der Waals surface area contributed by atoms with Gasteiger partial charge < -0.3 is 19.5 Å². The lowest BCUT2D eigenvalue weighted by atomic mass is 10.1. The first-order chi connectivity index (χ1) is 11.5. The molecule has 0 aliphatic heterocycles. The molecule has 2 rings (SSSR count). The van der Waals surface area contributed by atoms with Crippen LogP contribution in [0.15, 0.2) is 40.9 Å². The van der Waals surface area contributed by atoms with Gasteiger partial charge in [-0.05, 0) is 58.7 Å². The number of benzene rings is 2. The fourth-order valence-electron chi connectivity index (χ4n) is 2.30. The van der Waals surface area contributed by atoms with E-state index in [0.29, 0.717) is 17.1 Å².